The number of rotatable bonds is 3. The Morgan fingerprint density at radius 1 is 1.35 bits per heavy atom. The Bertz CT molecular complexity index is 442. The zero-order valence-corrected chi connectivity index (χ0v) is 13.2. The summed E-state index contributed by atoms with van der Waals surface area (Å²) in [7, 11) is 0. The molecule has 0 radical (unpaired) electrons. The number of piperazine rings is 1. The van der Waals surface area contributed by atoms with Gasteiger partial charge in [0.2, 0.25) is 0 Å². The van der Waals surface area contributed by atoms with Gasteiger partial charge in [-0.25, -0.2) is 4.98 Å². The Kier molecular flexibility index (Phi) is 4.26. The fraction of sp³-hybridized carbons (Fsp3) is 0.786. The number of morpholine rings is 1. The number of hydrogen-bond donors (Lipinski definition) is 1. The monoisotopic (exact) mass is 296 g/mol. The molecule has 3 rings (SSSR count). The normalized spacial score (nSPS) is 24.0. The first-order chi connectivity index (χ1) is 9.62. The Morgan fingerprint density at radius 3 is 2.90 bits per heavy atom. The van der Waals surface area contributed by atoms with Crippen molar-refractivity contribution < 1.29 is 4.74 Å². The van der Waals surface area contributed by atoms with Crippen LogP contribution >= 0.6 is 11.3 Å². The minimum absolute atomic E-state index is 0.218. The van der Waals surface area contributed by atoms with Gasteiger partial charge in [0.1, 0.15) is 0 Å². The molecule has 1 aromatic heterocycles. The van der Waals surface area contributed by atoms with Crippen LogP contribution in [0.25, 0.3) is 0 Å². The Hall–Kier alpha value is -0.690. The number of aromatic nitrogens is 1. The molecule has 0 aromatic carbocycles. The lowest BCUT2D eigenvalue weighted by Crippen LogP contribution is -2.56. The van der Waals surface area contributed by atoms with Crippen LogP contribution in [0.2, 0.25) is 0 Å². The SMILES string of the molecule is CC1(C)CN(Cc2cnc(N3CCOCC3)s2)CCN1. The third kappa shape index (κ3) is 3.49. The lowest BCUT2D eigenvalue weighted by atomic mass is 10.0. The van der Waals surface area contributed by atoms with Crippen LogP contribution in [-0.4, -0.2) is 61.4 Å². The molecule has 2 aliphatic heterocycles. The van der Waals surface area contributed by atoms with Gasteiger partial charge in [0.15, 0.2) is 5.13 Å². The summed E-state index contributed by atoms with van der Waals surface area (Å²) in [4.78, 5) is 10.8. The molecule has 2 aliphatic rings. The number of hydrogen-bond acceptors (Lipinski definition) is 6. The van der Waals surface area contributed by atoms with Gasteiger partial charge in [-0.15, -0.1) is 11.3 Å². The van der Waals surface area contributed by atoms with E-state index in [1.165, 1.54) is 4.88 Å². The minimum atomic E-state index is 0.218. The van der Waals surface area contributed by atoms with E-state index in [0.29, 0.717) is 0 Å². The number of thiazole rings is 1. The van der Waals surface area contributed by atoms with Gasteiger partial charge in [-0.1, -0.05) is 0 Å². The topological polar surface area (TPSA) is 40.6 Å². The smallest absolute Gasteiger partial charge is 0.185 e. The summed E-state index contributed by atoms with van der Waals surface area (Å²) in [6.45, 7) is 12.4. The summed E-state index contributed by atoms with van der Waals surface area (Å²) < 4.78 is 5.39. The maximum absolute atomic E-state index is 5.39. The van der Waals surface area contributed by atoms with Crippen molar-refractivity contribution in [2.24, 2.45) is 0 Å². The maximum atomic E-state index is 5.39. The molecule has 0 spiro atoms. The fourth-order valence-electron chi connectivity index (χ4n) is 2.87. The average molecular weight is 296 g/mol. The second-order valence-corrected chi connectivity index (χ2v) is 7.32. The average Bonchev–Trinajstić information content (AvgIpc) is 2.87. The molecule has 0 amide bonds. The summed E-state index contributed by atoms with van der Waals surface area (Å²) >= 11 is 1.83. The summed E-state index contributed by atoms with van der Waals surface area (Å²) in [5.41, 5.74) is 0.218. The van der Waals surface area contributed by atoms with Crippen LogP contribution in [-0.2, 0) is 11.3 Å². The minimum Gasteiger partial charge on any atom is -0.378 e. The third-order valence-corrected chi connectivity index (χ3v) is 4.90. The molecular formula is C14H24N4OS. The van der Waals surface area contributed by atoms with Gasteiger partial charge in [0, 0.05) is 55.9 Å². The quantitative estimate of drug-likeness (QED) is 0.906. The van der Waals surface area contributed by atoms with E-state index in [9.17, 15) is 0 Å². The summed E-state index contributed by atoms with van der Waals surface area (Å²) in [5.74, 6) is 0. The zero-order chi connectivity index (χ0) is 14.0. The van der Waals surface area contributed by atoms with E-state index in [-0.39, 0.29) is 5.54 Å². The van der Waals surface area contributed by atoms with Crippen LogP contribution in [0.5, 0.6) is 0 Å². The van der Waals surface area contributed by atoms with Gasteiger partial charge < -0.3 is 15.0 Å². The molecule has 20 heavy (non-hydrogen) atoms. The van der Waals surface area contributed by atoms with Crippen molar-refractivity contribution in [1.82, 2.24) is 15.2 Å². The highest BCUT2D eigenvalue weighted by Gasteiger charge is 2.26. The first kappa shape index (κ1) is 14.3. The van der Waals surface area contributed by atoms with Gasteiger partial charge in [0.05, 0.1) is 13.2 Å². The van der Waals surface area contributed by atoms with Crippen molar-refractivity contribution >= 4 is 16.5 Å². The summed E-state index contributed by atoms with van der Waals surface area (Å²) in [6, 6.07) is 0. The number of anilines is 1. The first-order valence-corrected chi connectivity index (χ1v) is 8.19. The van der Waals surface area contributed by atoms with Gasteiger partial charge in [-0.05, 0) is 13.8 Å². The van der Waals surface area contributed by atoms with Crippen molar-refractivity contribution in [3.05, 3.63) is 11.1 Å². The highest BCUT2D eigenvalue weighted by Crippen LogP contribution is 2.25. The van der Waals surface area contributed by atoms with Crippen LogP contribution in [0.4, 0.5) is 5.13 Å². The van der Waals surface area contributed by atoms with E-state index in [1.54, 1.807) is 0 Å². The molecular weight excluding hydrogens is 272 g/mol. The molecule has 112 valence electrons. The molecule has 1 aromatic rings. The molecule has 0 atom stereocenters. The van der Waals surface area contributed by atoms with E-state index < -0.39 is 0 Å². The van der Waals surface area contributed by atoms with Crippen molar-refractivity contribution in [3.8, 4) is 0 Å². The molecule has 2 saturated heterocycles. The fourth-order valence-corrected chi connectivity index (χ4v) is 3.88. The number of nitrogens with one attached hydrogen (secondary N) is 1. The van der Waals surface area contributed by atoms with Crippen molar-refractivity contribution in [2.45, 2.75) is 25.9 Å². The Balaban J connectivity index is 1.59. The van der Waals surface area contributed by atoms with Crippen LogP contribution in [0.15, 0.2) is 6.20 Å². The zero-order valence-electron chi connectivity index (χ0n) is 12.4. The molecule has 0 bridgehead atoms. The molecule has 5 nitrogen and oxygen atoms in total. The van der Waals surface area contributed by atoms with E-state index in [1.807, 2.05) is 17.5 Å². The molecule has 6 heteroatoms. The van der Waals surface area contributed by atoms with E-state index >= 15 is 0 Å². The highest BCUT2D eigenvalue weighted by atomic mass is 32.1. The van der Waals surface area contributed by atoms with Crippen LogP contribution in [0.1, 0.15) is 18.7 Å². The standard InChI is InChI=1S/C14H24N4OS/c1-14(2)11-17(4-3-16-14)10-12-9-15-13(20-12)18-5-7-19-8-6-18/h9,16H,3-8,10-11H2,1-2H3. The Labute approximate surface area is 124 Å². The van der Waals surface area contributed by atoms with E-state index in [2.05, 4.69) is 33.9 Å². The van der Waals surface area contributed by atoms with Crippen molar-refractivity contribution in [1.29, 1.82) is 0 Å². The van der Waals surface area contributed by atoms with E-state index in [0.717, 1.165) is 57.6 Å². The molecule has 2 fully saturated rings. The summed E-state index contributed by atoms with van der Waals surface area (Å²) in [6.07, 6.45) is 2.05. The van der Waals surface area contributed by atoms with Gasteiger partial charge in [-0.2, -0.15) is 0 Å². The van der Waals surface area contributed by atoms with Crippen molar-refractivity contribution in [3.63, 3.8) is 0 Å². The lowest BCUT2D eigenvalue weighted by Gasteiger charge is -2.38. The summed E-state index contributed by atoms with van der Waals surface area (Å²) in [5, 5.41) is 4.71. The molecule has 0 saturated carbocycles. The van der Waals surface area contributed by atoms with E-state index in [4.69, 9.17) is 4.74 Å². The molecule has 0 aliphatic carbocycles. The molecule has 0 unspecified atom stereocenters. The maximum Gasteiger partial charge on any atom is 0.185 e. The lowest BCUT2D eigenvalue weighted by molar-refractivity contribution is 0.122. The first-order valence-electron chi connectivity index (χ1n) is 7.37. The largest absolute Gasteiger partial charge is 0.378 e. The van der Waals surface area contributed by atoms with Gasteiger partial charge >= 0.3 is 0 Å². The second kappa shape index (κ2) is 5.97. The number of ether oxygens (including phenoxy) is 1. The number of nitrogens with zero attached hydrogens (tertiary/aromatic N) is 3. The Morgan fingerprint density at radius 2 is 2.15 bits per heavy atom. The predicted octanol–water partition coefficient (Wildman–Crippen LogP) is 1.16. The highest BCUT2D eigenvalue weighted by molar-refractivity contribution is 7.15. The molecule has 3 heterocycles. The van der Waals surface area contributed by atoms with Crippen LogP contribution in [0, 0.1) is 0 Å². The van der Waals surface area contributed by atoms with Gasteiger partial charge in [0.25, 0.3) is 0 Å². The van der Waals surface area contributed by atoms with Crippen molar-refractivity contribution in [2.75, 3.05) is 50.8 Å². The molecule has 1 N–H and O–H groups in total. The second-order valence-electron chi connectivity index (χ2n) is 6.23. The van der Waals surface area contributed by atoms with Crippen LogP contribution < -0.4 is 10.2 Å². The van der Waals surface area contributed by atoms with Gasteiger partial charge in [-0.3, -0.25) is 4.90 Å². The van der Waals surface area contributed by atoms with Crippen LogP contribution in [0.3, 0.4) is 0 Å². The predicted molar refractivity (Wildman–Crippen MR) is 82.5 cm³/mol. The third-order valence-electron chi connectivity index (χ3n) is 3.85.